The summed E-state index contributed by atoms with van der Waals surface area (Å²) in [4.78, 5) is 58.3. The number of aromatic amines is 1. The van der Waals surface area contributed by atoms with Crippen LogP contribution in [0, 0.1) is 29.6 Å². The number of carbonyl (C=O) groups is 3. The summed E-state index contributed by atoms with van der Waals surface area (Å²) in [7, 11) is 0. The number of hydrogen-bond donors (Lipinski definition) is 1. The molecule has 2 saturated carbocycles. The highest BCUT2D eigenvalue weighted by Gasteiger charge is 2.69. The van der Waals surface area contributed by atoms with Gasteiger partial charge >= 0.3 is 10.8 Å². The number of ether oxygens (including phenoxy) is 2. The summed E-state index contributed by atoms with van der Waals surface area (Å²) in [6.45, 7) is 2.36. The molecule has 3 aromatic carbocycles. The average molecular weight is 673 g/mol. The predicted octanol–water partition coefficient (Wildman–Crippen LogP) is 6.52. The van der Waals surface area contributed by atoms with Gasteiger partial charge in [0.15, 0.2) is 0 Å². The number of para-hydroxylation sites is 1. The molecule has 7 atom stereocenters. The number of nitrogens with one attached hydrogen (secondary N) is 1. The van der Waals surface area contributed by atoms with E-state index < -0.39 is 17.8 Å². The molecule has 8 rings (SSSR count). The number of thiazole rings is 1. The van der Waals surface area contributed by atoms with Crippen LogP contribution in [0.3, 0.4) is 0 Å². The lowest BCUT2D eigenvalue weighted by molar-refractivity contribution is -0.123. The third kappa shape index (κ3) is 4.64. The molecule has 1 saturated heterocycles. The number of carbonyl (C=O) groups excluding carboxylic acids is 3. The molecule has 234 valence electrons. The normalized spacial score (nSPS) is 27.3. The summed E-state index contributed by atoms with van der Waals surface area (Å²) >= 11 is 8.96. The minimum atomic E-state index is -0.446. The van der Waals surface area contributed by atoms with Crippen molar-refractivity contribution in [2.45, 2.75) is 36.1 Å². The van der Waals surface area contributed by atoms with Gasteiger partial charge in [-0.25, -0.2) is 4.79 Å². The van der Waals surface area contributed by atoms with Crippen molar-refractivity contribution < 1.29 is 23.9 Å². The van der Waals surface area contributed by atoms with Gasteiger partial charge < -0.3 is 14.5 Å². The van der Waals surface area contributed by atoms with Gasteiger partial charge in [0.2, 0.25) is 11.8 Å². The van der Waals surface area contributed by atoms with Crippen LogP contribution in [-0.4, -0.2) is 34.6 Å². The molecule has 2 amide bonds. The largest absolute Gasteiger partial charge is 0.489 e. The Morgan fingerprint density at radius 2 is 1.67 bits per heavy atom. The third-order valence-electron chi connectivity index (χ3n) is 9.92. The Hall–Kier alpha value is -3.86. The second-order valence-corrected chi connectivity index (χ2v) is 14.8. The first-order valence-electron chi connectivity index (χ1n) is 15.3. The maximum atomic E-state index is 14.1. The molecule has 4 aliphatic rings. The van der Waals surface area contributed by atoms with Gasteiger partial charge in [0.1, 0.15) is 12.4 Å². The molecule has 2 aliphatic heterocycles. The van der Waals surface area contributed by atoms with E-state index in [1.165, 1.54) is 16.2 Å². The Bertz CT molecular complexity index is 1920. The molecule has 8 nitrogen and oxygen atoms in total. The fraction of sp³-hybridized carbons (Fsp3) is 0.314. The van der Waals surface area contributed by atoms with Crippen molar-refractivity contribution in [3.05, 3.63) is 109 Å². The fourth-order valence-electron chi connectivity index (χ4n) is 8.19. The quantitative estimate of drug-likeness (QED) is 0.176. The smallest absolute Gasteiger partial charge is 0.338 e. The van der Waals surface area contributed by atoms with Gasteiger partial charge in [-0.2, -0.15) is 0 Å². The van der Waals surface area contributed by atoms with E-state index in [0.29, 0.717) is 22.9 Å². The van der Waals surface area contributed by atoms with E-state index in [4.69, 9.17) is 21.1 Å². The number of amides is 2. The molecule has 46 heavy (non-hydrogen) atoms. The molecule has 2 bridgehead atoms. The van der Waals surface area contributed by atoms with Crippen LogP contribution >= 0.6 is 34.7 Å². The highest BCUT2D eigenvalue weighted by Crippen LogP contribution is 2.69. The summed E-state index contributed by atoms with van der Waals surface area (Å²) in [6, 6.07) is 22.0. The van der Waals surface area contributed by atoms with Crippen molar-refractivity contribution in [2.24, 2.45) is 29.6 Å². The average Bonchev–Trinajstić information content (AvgIpc) is 3.80. The van der Waals surface area contributed by atoms with Crippen LogP contribution < -0.4 is 14.5 Å². The number of H-pyrrole nitrogens is 1. The van der Waals surface area contributed by atoms with Gasteiger partial charge in [0.05, 0.1) is 34.7 Å². The Kier molecular flexibility index (Phi) is 7.34. The van der Waals surface area contributed by atoms with Crippen molar-refractivity contribution in [3.8, 4) is 5.75 Å². The van der Waals surface area contributed by atoms with Gasteiger partial charge in [-0.15, -0.1) is 11.8 Å². The van der Waals surface area contributed by atoms with Crippen molar-refractivity contribution in [1.82, 2.24) is 4.98 Å². The molecule has 3 fully saturated rings. The first kappa shape index (κ1) is 29.5. The molecule has 0 unspecified atom stereocenters. The van der Waals surface area contributed by atoms with Gasteiger partial charge in [-0.3, -0.25) is 19.3 Å². The Labute approximate surface area is 278 Å². The molecule has 1 aromatic heterocycles. The second kappa shape index (κ2) is 11.4. The van der Waals surface area contributed by atoms with Gasteiger partial charge in [-0.1, -0.05) is 53.3 Å². The number of fused-ring (bicyclic) bond motifs is 9. The Morgan fingerprint density at radius 3 is 2.41 bits per heavy atom. The number of halogens is 1. The summed E-state index contributed by atoms with van der Waals surface area (Å²) in [6.07, 6.45) is 0.786. The number of nitrogens with zero attached hydrogens (tertiary/aromatic N) is 1. The van der Waals surface area contributed by atoms with Crippen LogP contribution in [0.5, 0.6) is 5.75 Å². The van der Waals surface area contributed by atoms with E-state index in [1.807, 2.05) is 42.5 Å². The molecule has 2 aliphatic carbocycles. The minimum absolute atomic E-state index is 0.00791. The molecule has 3 heterocycles. The molecule has 0 spiro atoms. The number of imide groups is 1. The van der Waals surface area contributed by atoms with Crippen LogP contribution in [0.15, 0.2) is 82.6 Å². The zero-order chi connectivity index (χ0) is 31.7. The first-order valence-corrected chi connectivity index (χ1v) is 17.4. The van der Waals surface area contributed by atoms with Crippen LogP contribution in [0.4, 0.5) is 5.69 Å². The van der Waals surface area contributed by atoms with E-state index in [2.05, 4.69) is 11.1 Å². The number of rotatable bonds is 7. The summed E-state index contributed by atoms with van der Waals surface area (Å²) in [5.74, 6) is -1.10. The highest BCUT2D eigenvalue weighted by molar-refractivity contribution is 8.00. The number of aromatic nitrogens is 1. The van der Waals surface area contributed by atoms with Crippen molar-refractivity contribution in [2.75, 3.05) is 11.5 Å². The third-order valence-corrected chi connectivity index (χ3v) is 12.8. The second-order valence-electron chi connectivity index (χ2n) is 12.2. The summed E-state index contributed by atoms with van der Waals surface area (Å²) < 4.78 is 11.5. The fourth-order valence-corrected chi connectivity index (χ4v) is 11.2. The lowest BCUT2D eigenvalue weighted by atomic mass is 9.68. The molecular formula is C35H29ClN2O6S2. The first-order chi connectivity index (χ1) is 22.3. The standard InChI is InChI=1S/C35H29ClN2O6S2/c1-2-43-34(41)18-9-13-20(14-10-18)38-32(39)27-22-15-23(28(27)33(38)40)29-26(22)25(30-31(45-29)37-35(42)46-30)21-5-3-4-6-24(21)44-16-17-7-11-19(36)12-8-17/h3-14,22-23,25-29H,2,15-16H2,1H3,(H,37,42)/t22-,23-,25+,26+,27+,28+,29-/m1/s1. The molecular weight excluding hydrogens is 644 g/mol. The van der Waals surface area contributed by atoms with Crippen LogP contribution in [0.2, 0.25) is 5.02 Å². The van der Waals surface area contributed by atoms with Crippen LogP contribution in [0.25, 0.3) is 0 Å². The van der Waals surface area contributed by atoms with E-state index in [0.717, 1.165) is 33.2 Å². The summed E-state index contributed by atoms with van der Waals surface area (Å²) in [5, 5.41) is 1.56. The molecule has 1 N–H and O–H groups in total. The monoisotopic (exact) mass is 672 g/mol. The number of thioether (sulfide) groups is 1. The topological polar surface area (TPSA) is 106 Å². The van der Waals surface area contributed by atoms with E-state index in [1.54, 1.807) is 43.0 Å². The lowest BCUT2D eigenvalue weighted by Crippen LogP contribution is -2.42. The van der Waals surface area contributed by atoms with Gasteiger partial charge in [-0.05, 0) is 79.1 Å². The van der Waals surface area contributed by atoms with Crippen molar-refractivity contribution in [3.63, 3.8) is 0 Å². The van der Waals surface area contributed by atoms with E-state index >= 15 is 0 Å². The number of esters is 1. The van der Waals surface area contributed by atoms with E-state index in [-0.39, 0.29) is 52.2 Å². The number of benzene rings is 3. The highest BCUT2D eigenvalue weighted by atomic mass is 35.5. The zero-order valence-electron chi connectivity index (χ0n) is 24.7. The van der Waals surface area contributed by atoms with Crippen molar-refractivity contribution in [1.29, 1.82) is 0 Å². The number of anilines is 1. The Balaban J connectivity index is 1.14. The maximum absolute atomic E-state index is 14.1. The van der Waals surface area contributed by atoms with Gasteiger partial charge in [0, 0.05) is 26.6 Å². The van der Waals surface area contributed by atoms with E-state index in [9.17, 15) is 19.2 Å². The van der Waals surface area contributed by atoms with Crippen LogP contribution in [-0.2, 0) is 20.9 Å². The zero-order valence-corrected chi connectivity index (χ0v) is 27.1. The predicted molar refractivity (Wildman–Crippen MR) is 176 cm³/mol. The SMILES string of the molecule is CCOC(=O)c1ccc(N2C(=O)[C@H]3[C@H]4C[C@@H]([C@@H]3C2=O)[C@H]2[C@H](c3ccccc3OCc3ccc(Cl)cc3)c3sc(=O)[nH]c3S[C@H]42)cc1. The Morgan fingerprint density at radius 1 is 0.957 bits per heavy atom. The van der Waals surface area contributed by atoms with Crippen molar-refractivity contribution >= 4 is 58.2 Å². The molecule has 11 heteroatoms. The number of hydrogen-bond acceptors (Lipinski definition) is 8. The summed E-state index contributed by atoms with van der Waals surface area (Å²) in [5.41, 5.74) is 2.80. The molecule has 4 aromatic rings. The van der Waals surface area contributed by atoms with Crippen LogP contribution in [0.1, 0.15) is 45.6 Å². The maximum Gasteiger partial charge on any atom is 0.338 e. The molecule has 0 radical (unpaired) electrons. The lowest BCUT2D eigenvalue weighted by Gasteiger charge is -2.43. The van der Waals surface area contributed by atoms with Gasteiger partial charge in [0.25, 0.3) is 0 Å². The minimum Gasteiger partial charge on any atom is -0.489 e.